The molecule has 0 saturated carbocycles. The molecule has 0 heterocycles. The lowest BCUT2D eigenvalue weighted by Crippen LogP contribution is -2.50. The number of aliphatic carboxylic acids is 1. The van der Waals surface area contributed by atoms with Gasteiger partial charge in [-0.15, -0.1) is 0 Å². The Kier molecular flexibility index (Phi) is 10.3. The first kappa shape index (κ1) is 33.3. The van der Waals surface area contributed by atoms with E-state index in [1.165, 1.54) is 31.4 Å². The van der Waals surface area contributed by atoms with Crippen molar-refractivity contribution in [1.29, 1.82) is 0 Å². The van der Waals surface area contributed by atoms with Gasteiger partial charge in [-0.1, -0.05) is 72.2 Å². The molecule has 1 amide bonds. The molecule has 1 unspecified atom stereocenters. The van der Waals surface area contributed by atoms with Crippen LogP contribution in [0.15, 0.2) is 36.4 Å². The zero-order chi connectivity index (χ0) is 30.7. The number of nitrogens with zero attached hydrogens (tertiary/aromatic N) is 1. The molecule has 6 heteroatoms. The lowest BCUT2D eigenvalue weighted by molar-refractivity contribution is -0.147. The molecule has 0 aliphatic heterocycles. The summed E-state index contributed by atoms with van der Waals surface area (Å²) >= 11 is 0. The monoisotopic (exact) mass is 553 g/mol. The SMILES string of the molecule is CCCC(O)(COc1ccc(C(CC)(CC)c2ccc(C(=O)N(C)C(C)(C)C(=O)O)c(C)c2)cc1C)C(C)(C)C. The largest absolute Gasteiger partial charge is 0.490 e. The number of aliphatic hydroxyl groups is 1. The fourth-order valence-electron chi connectivity index (χ4n) is 5.40. The van der Waals surface area contributed by atoms with Gasteiger partial charge in [-0.2, -0.15) is 0 Å². The minimum Gasteiger partial charge on any atom is -0.490 e. The fourth-order valence-corrected chi connectivity index (χ4v) is 5.40. The molecule has 0 saturated heterocycles. The van der Waals surface area contributed by atoms with Crippen molar-refractivity contribution in [3.05, 3.63) is 64.2 Å². The predicted octanol–water partition coefficient (Wildman–Crippen LogP) is 7.30. The average Bonchev–Trinajstić information content (AvgIpc) is 2.88. The highest BCUT2D eigenvalue weighted by Gasteiger charge is 2.40. The van der Waals surface area contributed by atoms with Gasteiger partial charge in [-0.3, -0.25) is 4.79 Å². The van der Waals surface area contributed by atoms with Gasteiger partial charge >= 0.3 is 5.97 Å². The van der Waals surface area contributed by atoms with Gasteiger partial charge in [0.15, 0.2) is 0 Å². The van der Waals surface area contributed by atoms with Gasteiger partial charge in [0.05, 0.1) is 0 Å². The molecule has 0 bridgehead atoms. The summed E-state index contributed by atoms with van der Waals surface area (Å²) in [6.07, 6.45) is 3.27. The first-order valence-electron chi connectivity index (χ1n) is 14.5. The lowest BCUT2D eigenvalue weighted by atomic mass is 9.70. The van der Waals surface area contributed by atoms with Gasteiger partial charge < -0.3 is 19.8 Å². The number of aryl methyl sites for hydroxylation is 2. The Morgan fingerprint density at radius 1 is 0.875 bits per heavy atom. The molecule has 6 nitrogen and oxygen atoms in total. The number of carbonyl (C=O) groups is 2. The van der Waals surface area contributed by atoms with E-state index in [4.69, 9.17) is 4.74 Å². The van der Waals surface area contributed by atoms with Crippen LogP contribution in [0.3, 0.4) is 0 Å². The molecule has 2 aromatic carbocycles. The normalized spacial score (nSPS) is 14.0. The molecule has 2 aromatic rings. The number of carboxylic acids is 1. The van der Waals surface area contributed by atoms with Crippen LogP contribution in [0.25, 0.3) is 0 Å². The number of carboxylic acid groups (broad SMARTS) is 1. The molecule has 40 heavy (non-hydrogen) atoms. The zero-order valence-electron chi connectivity index (χ0n) is 26.6. The van der Waals surface area contributed by atoms with Crippen molar-refractivity contribution in [1.82, 2.24) is 4.90 Å². The summed E-state index contributed by atoms with van der Waals surface area (Å²) in [5, 5.41) is 20.9. The third-order valence-electron chi connectivity index (χ3n) is 9.14. The van der Waals surface area contributed by atoms with Crippen molar-refractivity contribution in [3.8, 4) is 5.75 Å². The fraction of sp³-hybridized carbons (Fsp3) is 0.588. The molecule has 0 fully saturated rings. The second kappa shape index (κ2) is 12.3. The molecule has 1 atom stereocenters. The van der Waals surface area contributed by atoms with Crippen LogP contribution in [0.1, 0.15) is 114 Å². The number of hydrogen-bond donors (Lipinski definition) is 2. The van der Waals surface area contributed by atoms with Crippen molar-refractivity contribution in [2.45, 2.75) is 111 Å². The number of amides is 1. The second-order valence-corrected chi connectivity index (χ2v) is 12.8. The van der Waals surface area contributed by atoms with Gasteiger partial charge in [0.1, 0.15) is 23.5 Å². The molecular formula is C34H51NO5. The second-order valence-electron chi connectivity index (χ2n) is 12.8. The van der Waals surface area contributed by atoms with Crippen LogP contribution in [-0.4, -0.2) is 51.8 Å². The van der Waals surface area contributed by atoms with E-state index >= 15 is 0 Å². The number of hydrogen-bond acceptors (Lipinski definition) is 4. The minimum atomic E-state index is -1.32. The average molecular weight is 554 g/mol. The van der Waals surface area contributed by atoms with E-state index < -0.39 is 17.1 Å². The molecule has 2 N–H and O–H groups in total. The van der Waals surface area contributed by atoms with E-state index in [0.717, 1.165) is 41.7 Å². The van der Waals surface area contributed by atoms with E-state index in [9.17, 15) is 19.8 Å². The Bertz CT molecular complexity index is 1210. The highest BCUT2D eigenvalue weighted by molar-refractivity contribution is 5.98. The molecule has 222 valence electrons. The Balaban J connectivity index is 2.44. The Labute approximate surface area is 241 Å². The van der Waals surface area contributed by atoms with Gasteiger partial charge in [-0.25, -0.2) is 4.79 Å². The summed E-state index contributed by atoms with van der Waals surface area (Å²) in [6, 6.07) is 12.2. The van der Waals surface area contributed by atoms with Crippen LogP contribution in [0.5, 0.6) is 5.75 Å². The van der Waals surface area contributed by atoms with E-state index in [0.29, 0.717) is 12.0 Å². The topological polar surface area (TPSA) is 87.1 Å². The summed E-state index contributed by atoms with van der Waals surface area (Å²) < 4.78 is 6.22. The minimum absolute atomic E-state index is 0.235. The molecule has 0 aliphatic rings. The van der Waals surface area contributed by atoms with Crippen molar-refractivity contribution in [2.75, 3.05) is 13.7 Å². The Morgan fingerprint density at radius 3 is 1.82 bits per heavy atom. The molecule has 2 rings (SSSR count). The van der Waals surface area contributed by atoms with Gasteiger partial charge in [0.2, 0.25) is 0 Å². The van der Waals surface area contributed by atoms with Crippen LogP contribution in [-0.2, 0) is 10.2 Å². The maximum absolute atomic E-state index is 13.2. The van der Waals surface area contributed by atoms with Crippen LogP contribution < -0.4 is 4.74 Å². The van der Waals surface area contributed by atoms with Gasteiger partial charge in [0.25, 0.3) is 5.91 Å². The first-order valence-corrected chi connectivity index (χ1v) is 14.5. The zero-order valence-corrected chi connectivity index (χ0v) is 26.6. The van der Waals surface area contributed by atoms with Crippen LogP contribution >= 0.6 is 0 Å². The van der Waals surface area contributed by atoms with E-state index in [1.54, 1.807) is 0 Å². The standard InChI is InChI=1S/C34H51NO5/c1-12-19-34(39,31(6,7)8)22-40-28-18-16-26(21-24(28)5)33(13-2,14-3)25-15-17-27(23(4)20-25)29(36)35(11)32(9,10)30(37)38/h15-18,20-21,39H,12-14,19,22H2,1-11H3,(H,37,38). The predicted molar refractivity (Wildman–Crippen MR) is 162 cm³/mol. The molecule has 0 radical (unpaired) electrons. The lowest BCUT2D eigenvalue weighted by Gasteiger charge is -2.40. The highest BCUT2D eigenvalue weighted by Crippen LogP contribution is 2.41. The highest BCUT2D eigenvalue weighted by atomic mass is 16.5. The van der Waals surface area contributed by atoms with Crippen LogP contribution in [0, 0.1) is 19.3 Å². The van der Waals surface area contributed by atoms with Crippen molar-refractivity contribution in [2.24, 2.45) is 5.41 Å². The van der Waals surface area contributed by atoms with E-state index in [2.05, 4.69) is 39.0 Å². The summed E-state index contributed by atoms with van der Waals surface area (Å²) in [4.78, 5) is 26.2. The quantitative estimate of drug-likeness (QED) is 0.288. The van der Waals surface area contributed by atoms with Crippen molar-refractivity contribution < 1.29 is 24.5 Å². The number of rotatable bonds is 12. The first-order chi connectivity index (χ1) is 18.4. The third-order valence-corrected chi connectivity index (χ3v) is 9.14. The van der Waals surface area contributed by atoms with Crippen LogP contribution in [0.4, 0.5) is 0 Å². The maximum Gasteiger partial charge on any atom is 0.329 e. The summed E-state index contributed by atoms with van der Waals surface area (Å²) in [7, 11) is 1.53. The molecule has 0 spiro atoms. The summed E-state index contributed by atoms with van der Waals surface area (Å²) in [5.41, 5.74) is 1.80. The van der Waals surface area contributed by atoms with E-state index in [1.807, 2.05) is 52.8 Å². The third kappa shape index (κ3) is 6.38. The number of carbonyl (C=O) groups excluding carboxylic acids is 1. The maximum atomic E-state index is 13.2. The molecular weight excluding hydrogens is 502 g/mol. The molecule has 0 aromatic heterocycles. The Hall–Kier alpha value is -2.86. The summed E-state index contributed by atoms with van der Waals surface area (Å²) in [6.45, 7) is 19.8. The van der Waals surface area contributed by atoms with Crippen molar-refractivity contribution in [3.63, 3.8) is 0 Å². The Morgan fingerprint density at radius 2 is 1.40 bits per heavy atom. The summed E-state index contributed by atoms with van der Waals surface area (Å²) in [5.74, 6) is -0.597. The number of benzene rings is 2. The number of ether oxygens (including phenoxy) is 1. The van der Waals surface area contributed by atoms with E-state index in [-0.39, 0.29) is 23.3 Å². The smallest absolute Gasteiger partial charge is 0.329 e. The van der Waals surface area contributed by atoms with Gasteiger partial charge in [-0.05, 0) is 86.8 Å². The van der Waals surface area contributed by atoms with Crippen LogP contribution in [0.2, 0.25) is 0 Å². The van der Waals surface area contributed by atoms with Crippen molar-refractivity contribution >= 4 is 11.9 Å². The van der Waals surface area contributed by atoms with Gasteiger partial charge in [0, 0.05) is 18.0 Å². The molecule has 0 aliphatic carbocycles. The number of likely N-dealkylation sites (N-methyl/N-ethyl adjacent to an activating group) is 1.